The van der Waals surface area contributed by atoms with E-state index in [2.05, 4.69) is 17.3 Å². The van der Waals surface area contributed by atoms with Gasteiger partial charge in [0.2, 0.25) is 5.91 Å². The minimum absolute atomic E-state index is 0.138. The fourth-order valence-electron chi connectivity index (χ4n) is 2.02. The second-order valence-corrected chi connectivity index (χ2v) is 5.66. The number of likely N-dealkylation sites (N-methyl/N-ethyl adjacent to an activating group) is 1. The minimum atomic E-state index is -0.249. The van der Waals surface area contributed by atoms with E-state index >= 15 is 0 Å². The van der Waals surface area contributed by atoms with Crippen molar-refractivity contribution in [3.63, 3.8) is 0 Å². The van der Waals surface area contributed by atoms with Crippen LogP contribution in [0, 0.1) is 0 Å². The molecule has 0 aliphatic carbocycles. The van der Waals surface area contributed by atoms with Crippen LogP contribution in [0.2, 0.25) is 0 Å². The molecule has 0 bridgehead atoms. The van der Waals surface area contributed by atoms with Gasteiger partial charge in [0.1, 0.15) is 0 Å². The van der Waals surface area contributed by atoms with Gasteiger partial charge in [0.25, 0.3) is 0 Å². The number of hydrogen-bond acceptors (Lipinski definition) is 3. The zero-order chi connectivity index (χ0) is 12.2. The predicted octanol–water partition coefficient (Wildman–Crippen LogP) is 0.714. The predicted molar refractivity (Wildman–Crippen MR) is 66.2 cm³/mol. The molecule has 1 saturated heterocycles. The van der Waals surface area contributed by atoms with Gasteiger partial charge in [-0.1, -0.05) is 0 Å². The summed E-state index contributed by atoms with van der Waals surface area (Å²) in [6.07, 6.45) is 3.54. The van der Waals surface area contributed by atoms with E-state index in [1.54, 1.807) is 0 Å². The normalized spacial score (nSPS) is 23.1. The van der Waals surface area contributed by atoms with Crippen molar-refractivity contribution in [1.82, 2.24) is 10.2 Å². The van der Waals surface area contributed by atoms with Gasteiger partial charge >= 0.3 is 0 Å². The molecule has 1 amide bonds. The number of likely N-dealkylation sites (tertiary alicyclic amines) is 1. The molecule has 0 aromatic rings. The first-order valence-corrected chi connectivity index (χ1v) is 6.13. The van der Waals surface area contributed by atoms with E-state index in [1.807, 2.05) is 13.8 Å². The van der Waals surface area contributed by atoms with Crippen molar-refractivity contribution in [2.24, 2.45) is 5.73 Å². The standard InChI is InChI=1S/C12H25N3O/c1-12(2,13)7-6-11(16)14-10-5-4-8-15(3)9-10/h10H,4-9,13H2,1-3H3,(H,14,16). The maximum atomic E-state index is 11.7. The molecule has 1 fully saturated rings. The van der Waals surface area contributed by atoms with Gasteiger partial charge in [0.15, 0.2) is 0 Å². The highest BCUT2D eigenvalue weighted by Gasteiger charge is 2.20. The van der Waals surface area contributed by atoms with Crippen LogP contribution in [0.5, 0.6) is 0 Å². The van der Waals surface area contributed by atoms with E-state index in [1.165, 1.54) is 6.42 Å². The van der Waals surface area contributed by atoms with Crippen LogP contribution in [0.3, 0.4) is 0 Å². The van der Waals surface area contributed by atoms with Crippen LogP contribution in [0.15, 0.2) is 0 Å². The largest absolute Gasteiger partial charge is 0.352 e. The molecule has 0 aromatic heterocycles. The summed E-state index contributed by atoms with van der Waals surface area (Å²) >= 11 is 0. The van der Waals surface area contributed by atoms with Crippen molar-refractivity contribution in [2.75, 3.05) is 20.1 Å². The summed E-state index contributed by atoms with van der Waals surface area (Å²) in [7, 11) is 2.10. The van der Waals surface area contributed by atoms with Gasteiger partial charge in [-0.05, 0) is 46.7 Å². The summed E-state index contributed by atoms with van der Waals surface area (Å²) in [6.45, 7) is 6.02. The summed E-state index contributed by atoms with van der Waals surface area (Å²) in [6, 6.07) is 0.326. The Kier molecular flexibility index (Phi) is 4.74. The quantitative estimate of drug-likeness (QED) is 0.744. The number of piperidine rings is 1. The van der Waals surface area contributed by atoms with Crippen molar-refractivity contribution in [3.8, 4) is 0 Å². The highest BCUT2D eigenvalue weighted by Crippen LogP contribution is 2.10. The Balaban J connectivity index is 2.23. The Morgan fingerprint density at radius 1 is 1.56 bits per heavy atom. The molecule has 1 aliphatic heterocycles. The summed E-state index contributed by atoms with van der Waals surface area (Å²) in [5.41, 5.74) is 5.60. The molecule has 0 spiro atoms. The van der Waals surface area contributed by atoms with Crippen LogP contribution in [0.4, 0.5) is 0 Å². The summed E-state index contributed by atoms with van der Waals surface area (Å²) in [5, 5.41) is 3.09. The number of carbonyl (C=O) groups excluding carboxylic acids is 1. The van der Waals surface area contributed by atoms with E-state index in [9.17, 15) is 4.79 Å². The lowest BCUT2D eigenvalue weighted by Gasteiger charge is -2.30. The molecule has 4 nitrogen and oxygen atoms in total. The maximum absolute atomic E-state index is 11.7. The SMILES string of the molecule is CN1CCCC(NC(=O)CCC(C)(C)N)C1. The average molecular weight is 227 g/mol. The molecular formula is C12H25N3O. The van der Waals surface area contributed by atoms with Crippen molar-refractivity contribution in [2.45, 2.75) is 51.1 Å². The van der Waals surface area contributed by atoms with Gasteiger partial charge in [-0.15, -0.1) is 0 Å². The van der Waals surface area contributed by atoms with Gasteiger partial charge < -0.3 is 16.0 Å². The number of carbonyl (C=O) groups is 1. The average Bonchev–Trinajstić information content (AvgIpc) is 2.14. The molecule has 1 rings (SSSR count). The molecule has 3 N–H and O–H groups in total. The number of amides is 1. The molecule has 1 aliphatic rings. The third kappa shape index (κ3) is 5.47. The molecule has 0 radical (unpaired) electrons. The zero-order valence-corrected chi connectivity index (χ0v) is 10.8. The molecule has 0 saturated carbocycles. The number of rotatable bonds is 4. The van der Waals surface area contributed by atoms with E-state index in [0.717, 1.165) is 25.9 Å². The molecule has 1 unspecified atom stereocenters. The fraction of sp³-hybridized carbons (Fsp3) is 0.917. The van der Waals surface area contributed by atoms with Crippen LogP contribution in [-0.4, -0.2) is 42.5 Å². The first-order valence-electron chi connectivity index (χ1n) is 6.13. The van der Waals surface area contributed by atoms with Crippen molar-refractivity contribution in [1.29, 1.82) is 0 Å². The summed E-state index contributed by atoms with van der Waals surface area (Å²) in [4.78, 5) is 13.9. The van der Waals surface area contributed by atoms with Crippen LogP contribution in [-0.2, 0) is 4.79 Å². The van der Waals surface area contributed by atoms with Crippen LogP contribution in [0.25, 0.3) is 0 Å². The van der Waals surface area contributed by atoms with E-state index in [4.69, 9.17) is 5.73 Å². The molecule has 0 aromatic carbocycles. The number of nitrogens with zero attached hydrogens (tertiary/aromatic N) is 1. The van der Waals surface area contributed by atoms with Gasteiger partial charge in [-0.25, -0.2) is 0 Å². The van der Waals surface area contributed by atoms with Crippen molar-refractivity contribution < 1.29 is 4.79 Å². The molecule has 4 heteroatoms. The Hall–Kier alpha value is -0.610. The molecule has 1 heterocycles. The van der Waals surface area contributed by atoms with Crippen LogP contribution in [0.1, 0.15) is 39.5 Å². The monoisotopic (exact) mass is 227 g/mol. The van der Waals surface area contributed by atoms with E-state index in [-0.39, 0.29) is 11.4 Å². The third-order valence-corrected chi connectivity index (χ3v) is 2.99. The molecular weight excluding hydrogens is 202 g/mol. The van der Waals surface area contributed by atoms with Crippen LogP contribution >= 0.6 is 0 Å². The smallest absolute Gasteiger partial charge is 0.220 e. The lowest BCUT2D eigenvalue weighted by Crippen LogP contribution is -2.46. The second kappa shape index (κ2) is 5.64. The minimum Gasteiger partial charge on any atom is -0.352 e. The highest BCUT2D eigenvalue weighted by atomic mass is 16.1. The Morgan fingerprint density at radius 2 is 2.25 bits per heavy atom. The maximum Gasteiger partial charge on any atom is 0.220 e. The van der Waals surface area contributed by atoms with Gasteiger partial charge in [-0.2, -0.15) is 0 Å². The Bertz CT molecular complexity index is 235. The number of hydrogen-bond donors (Lipinski definition) is 2. The third-order valence-electron chi connectivity index (χ3n) is 2.99. The highest BCUT2D eigenvalue weighted by molar-refractivity contribution is 5.76. The van der Waals surface area contributed by atoms with Crippen LogP contribution < -0.4 is 11.1 Å². The Morgan fingerprint density at radius 3 is 2.81 bits per heavy atom. The number of nitrogens with two attached hydrogens (primary N) is 1. The first-order chi connectivity index (χ1) is 7.37. The first kappa shape index (κ1) is 13.5. The lowest BCUT2D eigenvalue weighted by molar-refractivity contribution is -0.122. The topological polar surface area (TPSA) is 58.4 Å². The van der Waals surface area contributed by atoms with E-state index in [0.29, 0.717) is 12.5 Å². The van der Waals surface area contributed by atoms with E-state index < -0.39 is 0 Å². The summed E-state index contributed by atoms with van der Waals surface area (Å²) in [5.74, 6) is 0.138. The van der Waals surface area contributed by atoms with Gasteiger partial charge in [-0.3, -0.25) is 4.79 Å². The van der Waals surface area contributed by atoms with Gasteiger partial charge in [0, 0.05) is 24.5 Å². The fourth-order valence-corrected chi connectivity index (χ4v) is 2.02. The Labute approximate surface area is 98.6 Å². The lowest BCUT2D eigenvalue weighted by atomic mass is 9.99. The van der Waals surface area contributed by atoms with Crippen molar-refractivity contribution in [3.05, 3.63) is 0 Å². The zero-order valence-electron chi connectivity index (χ0n) is 10.8. The molecule has 94 valence electrons. The molecule has 1 atom stereocenters. The van der Waals surface area contributed by atoms with Gasteiger partial charge in [0.05, 0.1) is 0 Å². The van der Waals surface area contributed by atoms with Crippen molar-refractivity contribution >= 4 is 5.91 Å². The second-order valence-electron chi connectivity index (χ2n) is 5.66. The molecule has 16 heavy (non-hydrogen) atoms. The number of nitrogens with one attached hydrogen (secondary N) is 1. The summed E-state index contributed by atoms with van der Waals surface area (Å²) < 4.78 is 0.